The predicted octanol–water partition coefficient (Wildman–Crippen LogP) is 1.04. The van der Waals surface area contributed by atoms with Crippen molar-refractivity contribution in [2.24, 2.45) is 0 Å². The number of hydrogen-bond acceptors (Lipinski definition) is 4. The first-order chi connectivity index (χ1) is 7.56. The average Bonchev–Trinajstić information content (AvgIpc) is 2.19. The highest BCUT2D eigenvalue weighted by molar-refractivity contribution is 5.66. The van der Waals surface area contributed by atoms with Gasteiger partial charge in [-0.05, 0) is 13.3 Å². The van der Waals surface area contributed by atoms with Gasteiger partial charge in [0.1, 0.15) is 0 Å². The van der Waals surface area contributed by atoms with Gasteiger partial charge in [0.15, 0.2) is 0 Å². The maximum atomic E-state index is 10.2. The maximum absolute atomic E-state index is 10.2. The fourth-order valence-electron chi connectivity index (χ4n) is 1.22. The largest absolute Gasteiger partial charge is 0.481 e. The molecule has 16 heavy (non-hydrogen) atoms. The number of aliphatic carboxylic acids is 1. The van der Waals surface area contributed by atoms with E-state index in [1.54, 1.807) is 6.92 Å². The molecule has 0 radical (unpaired) electrons. The van der Waals surface area contributed by atoms with Crippen LogP contribution in [0.15, 0.2) is 0 Å². The molecule has 0 saturated carbocycles. The van der Waals surface area contributed by atoms with E-state index in [4.69, 9.17) is 14.6 Å². The number of carboxylic acid groups (broad SMARTS) is 1. The lowest BCUT2D eigenvalue weighted by atomic mass is 10.2. The van der Waals surface area contributed by atoms with Crippen LogP contribution < -0.4 is 0 Å². The van der Waals surface area contributed by atoms with Crippen molar-refractivity contribution in [2.45, 2.75) is 45.3 Å². The van der Waals surface area contributed by atoms with E-state index in [9.17, 15) is 9.90 Å². The Morgan fingerprint density at radius 2 is 2.06 bits per heavy atom. The summed E-state index contributed by atoms with van der Waals surface area (Å²) < 4.78 is 10.7. The van der Waals surface area contributed by atoms with Crippen LogP contribution in [0.25, 0.3) is 0 Å². The lowest BCUT2D eigenvalue weighted by molar-refractivity contribution is -0.138. The average molecular weight is 234 g/mol. The molecule has 0 aromatic carbocycles. The molecule has 0 heterocycles. The molecule has 2 N–H and O–H groups in total. The quantitative estimate of drug-likeness (QED) is 0.552. The molecule has 96 valence electrons. The van der Waals surface area contributed by atoms with Crippen molar-refractivity contribution in [3.63, 3.8) is 0 Å². The van der Waals surface area contributed by atoms with E-state index in [1.165, 1.54) is 0 Å². The maximum Gasteiger partial charge on any atom is 0.305 e. The van der Waals surface area contributed by atoms with E-state index >= 15 is 0 Å². The Morgan fingerprint density at radius 3 is 2.56 bits per heavy atom. The van der Waals surface area contributed by atoms with Gasteiger partial charge < -0.3 is 19.7 Å². The topological polar surface area (TPSA) is 76.0 Å². The highest BCUT2D eigenvalue weighted by Gasteiger charge is 2.12. The van der Waals surface area contributed by atoms with Crippen LogP contribution in [0.3, 0.4) is 0 Å². The van der Waals surface area contributed by atoms with Crippen molar-refractivity contribution in [3.05, 3.63) is 0 Å². The van der Waals surface area contributed by atoms with Gasteiger partial charge in [0.2, 0.25) is 0 Å². The number of aliphatic hydroxyl groups is 1. The summed E-state index contributed by atoms with van der Waals surface area (Å²) in [5, 5.41) is 17.7. The molecule has 0 spiro atoms. The van der Waals surface area contributed by atoms with Crippen LogP contribution in [0.5, 0.6) is 0 Å². The second-order valence-corrected chi connectivity index (χ2v) is 3.80. The van der Waals surface area contributed by atoms with Crippen LogP contribution >= 0.6 is 0 Å². The first kappa shape index (κ1) is 15.3. The van der Waals surface area contributed by atoms with E-state index < -0.39 is 12.1 Å². The molecule has 5 nitrogen and oxygen atoms in total. The normalized spacial score (nSPS) is 14.7. The van der Waals surface area contributed by atoms with Crippen molar-refractivity contribution in [2.75, 3.05) is 19.8 Å². The van der Waals surface area contributed by atoms with Gasteiger partial charge in [-0.2, -0.15) is 0 Å². The summed E-state index contributed by atoms with van der Waals surface area (Å²) in [6, 6.07) is 0. The SMILES string of the molecule is CCCOC(COCCC(=O)O)CC(C)O. The molecule has 0 amide bonds. The standard InChI is InChI=1S/C11H22O5/c1-3-5-16-10(7-9(2)12)8-15-6-4-11(13)14/h9-10,12H,3-8H2,1-2H3,(H,13,14). The van der Waals surface area contributed by atoms with Crippen molar-refractivity contribution in [1.82, 2.24) is 0 Å². The highest BCUT2D eigenvalue weighted by Crippen LogP contribution is 2.05. The minimum Gasteiger partial charge on any atom is -0.481 e. The van der Waals surface area contributed by atoms with E-state index in [2.05, 4.69) is 0 Å². The molecule has 2 atom stereocenters. The van der Waals surface area contributed by atoms with E-state index in [-0.39, 0.29) is 19.1 Å². The summed E-state index contributed by atoms with van der Waals surface area (Å²) in [6.45, 7) is 4.84. The van der Waals surface area contributed by atoms with Gasteiger partial charge in [0.25, 0.3) is 0 Å². The fraction of sp³-hybridized carbons (Fsp3) is 0.909. The van der Waals surface area contributed by atoms with E-state index in [1.807, 2.05) is 6.92 Å². The summed E-state index contributed by atoms with van der Waals surface area (Å²) in [4.78, 5) is 10.2. The van der Waals surface area contributed by atoms with Gasteiger partial charge in [-0.15, -0.1) is 0 Å². The second kappa shape index (κ2) is 9.57. The van der Waals surface area contributed by atoms with Crippen LogP contribution in [-0.4, -0.2) is 48.2 Å². The third-order valence-electron chi connectivity index (χ3n) is 1.93. The van der Waals surface area contributed by atoms with Crippen LogP contribution in [0.1, 0.15) is 33.1 Å². The Kier molecular flexibility index (Phi) is 9.18. The molecule has 5 heteroatoms. The summed E-state index contributed by atoms with van der Waals surface area (Å²) in [5.74, 6) is -0.874. The molecule has 0 bridgehead atoms. The molecular weight excluding hydrogens is 212 g/mol. The van der Waals surface area contributed by atoms with Gasteiger partial charge in [0, 0.05) is 13.0 Å². The first-order valence-electron chi connectivity index (χ1n) is 5.65. The summed E-state index contributed by atoms with van der Waals surface area (Å²) in [5.41, 5.74) is 0. The summed E-state index contributed by atoms with van der Waals surface area (Å²) >= 11 is 0. The van der Waals surface area contributed by atoms with E-state index in [0.717, 1.165) is 6.42 Å². The molecule has 0 rings (SSSR count). The predicted molar refractivity (Wildman–Crippen MR) is 59.4 cm³/mol. The Labute approximate surface area is 96.4 Å². The summed E-state index contributed by atoms with van der Waals surface area (Å²) in [6.07, 6.45) is 0.812. The third-order valence-corrected chi connectivity index (χ3v) is 1.93. The molecule has 0 aromatic rings. The third kappa shape index (κ3) is 9.89. The second-order valence-electron chi connectivity index (χ2n) is 3.80. The minimum atomic E-state index is -0.874. The van der Waals surface area contributed by atoms with Crippen molar-refractivity contribution >= 4 is 5.97 Å². The number of hydrogen-bond donors (Lipinski definition) is 2. The Hall–Kier alpha value is -0.650. The number of ether oxygens (including phenoxy) is 2. The van der Waals surface area contributed by atoms with Gasteiger partial charge in [-0.25, -0.2) is 0 Å². The van der Waals surface area contributed by atoms with Crippen LogP contribution in [0, 0.1) is 0 Å². The zero-order valence-corrected chi connectivity index (χ0v) is 10.0. The highest BCUT2D eigenvalue weighted by atomic mass is 16.5. The number of carboxylic acids is 1. The molecule has 0 fully saturated rings. The number of carbonyl (C=O) groups is 1. The molecular formula is C11H22O5. The first-order valence-corrected chi connectivity index (χ1v) is 5.65. The van der Waals surface area contributed by atoms with E-state index in [0.29, 0.717) is 19.6 Å². The van der Waals surface area contributed by atoms with Gasteiger partial charge in [-0.3, -0.25) is 4.79 Å². The Morgan fingerprint density at radius 1 is 1.38 bits per heavy atom. The zero-order valence-electron chi connectivity index (χ0n) is 10.0. The molecule has 0 saturated heterocycles. The number of rotatable bonds is 10. The molecule has 0 aliphatic heterocycles. The minimum absolute atomic E-state index is 0.00479. The lowest BCUT2D eigenvalue weighted by Crippen LogP contribution is -2.25. The lowest BCUT2D eigenvalue weighted by Gasteiger charge is -2.18. The number of aliphatic hydroxyl groups excluding tert-OH is 1. The zero-order chi connectivity index (χ0) is 12.4. The summed E-state index contributed by atoms with van der Waals surface area (Å²) in [7, 11) is 0. The fourth-order valence-corrected chi connectivity index (χ4v) is 1.22. The van der Waals surface area contributed by atoms with Crippen molar-refractivity contribution in [3.8, 4) is 0 Å². The van der Waals surface area contributed by atoms with Crippen molar-refractivity contribution in [1.29, 1.82) is 0 Å². The van der Waals surface area contributed by atoms with Crippen LogP contribution in [0.2, 0.25) is 0 Å². The smallest absolute Gasteiger partial charge is 0.305 e. The van der Waals surface area contributed by atoms with Gasteiger partial charge in [0.05, 0.1) is 31.8 Å². The van der Waals surface area contributed by atoms with Gasteiger partial charge in [-0.1, -0.05) is 6.92 Å². The molecule has 2 unspecified atom stereocenters. The van der Waals surface area contributed by atoms with Crippen LogP contribution in [-0.2, 0) is 14.3 Å². The monoisotopic (exact) mass is 234 g/mol. The van der Waals surface area contributed by atoms with Crippen LogP contribution in [0.4, 0.5) is 0 Å². The molecule has 0 aromatic heterocycles. The molecule has 0 aliphatic carbocycles. The van der Waals surface area contributed by atoms with Crippen molar-refractivity contribution < 1.29 is 24.5 Å². The Bertz CT molecular complexity index is 181. The van der Waals surface area contributed by atoms with Gasteiger partial charge >= 0.3 is 5.97 Å². The Balaban J connectivity index is 3.68. The molecule has 0 aliphatic rings.